The first kappa shape index (κ1) is 23.2. The van der Waals surface area contributed by atoms with E-state index in [4.69, 9.17) is 0 Å². The van der Waals surface area contributed by atoms with Gasteiger partial charge in [-0.1, -0.05) is 32.9 Å². The number of hydrogen-bond acceptors (Lipinski definition) is 3. The van der Waals surface area contributed by atoms with Crippen molar-refractivity contribution in [3.05, 3.63) is 35.6 Å². The van der Waals surface area contributed by atoms with Crippen molar-refractivity contribution in [1.29, 1.82) is 0 Å². The predicted molar refractivity (Wildman–Crippen MR) is 117 cm³/mol. The molecule has 0 aromatic heterocycles. The highest BCUT2D eigenvalue weighted by Crippen LogP contribution is 2.24. The van der Waals surface area contributed by atoms with E-state index in [1.54, 1.807) is 11.0 Å². The molecule has 2 aliphatic rings. The molecule has 2 saturated heterocycles. The lowest BCUT2D eigenvalue weighted by atomic mass is 9.92. The van der Waals surface area contributed by atoms with Crippen LogP contribution in [0.1, 0.15) is 56.8 Å². The van der Waals surface area contributed by atoms with Crippen LogP contribution in [0.15, 0.2) is 24.3 Å². The van der Waals surface area contributed by atoms with Gasteiger partial charge in [-0.05, 0) is 49.7 Å². The summed E-state index contributed by atoms with van der Waals surface area (Å²) in [5.41, 5.74) is -0.0684. The molecule has 6 nitrogen and oxygen atoms in total. The molecule has 3 rings (SSSR count). The van der Waals surface area contributed by atoms with E-state index in [2.05, 4.69) is 12.2 Å². The topological polar surface area (TPSA) is 69.7 Å². The number of hydrogen-bond donors (Lipinski definition) is 1. The standard InChI is InChI=1S/C24H34FN3O3/c1-16(2)21(26-22(29)19-6-4-5-7-20(19)25)24(31)28-14-10-18(11-15-28)23(30)27-12-8-17(3)9-13-27/h4-7,16-18,21H,8-15H2,1-3H3,(H,26,29). The van der Waals surface area contributed by atoms with Gasteiger partial charge in [-0.25, -0.2) is 4.39 Å². The fraction of sp³-hybridized carbons (Fsp3) is 0.625. The average molecular weight is 432 g/mol. The Balaban J connectivity index is 1.57. The SMILES string of the molecule is CC1CCN(C(=O)C2CCN(C(=O)C(NC(=O)c3ccccc3F)C(C)C)CC2)CC1. The van der Waals surface area contributed by atoms with Gasteiger partial charge in [0.2, 0.25) is 11.8 Å². The summed E-state index contributed by atoms with van der Waals surface area (Å²) in [6, 6.07) is 5.02. The molecule has 0 spiro atoms. The van der Waals surface area contributed by atoms with Crippen LogP contribution >= 0.6 is 0 Å². The molecule has 1 unspecified atom stereocenters. The molecule has 1 aromatic carbocycles. The first-order valence-corrected chi connectivity index (χ1v) is 11.4. The lowest BCUT2D eigenvalue weighted by Gasteiger charge is -2.38. The molecule has 0 bridgehead atoms. The van der Waals surface area contributed by atoms with Crippen LogP contribution in [0.5, 0.6) is 0 Å². The molecule has 3 amide bonds. The molecule has 0 saturated carbocycles. The zero-order chi connectivity index (χ0) is 22.5. The molecule has 1 atom stereocenters. The normalized spacial score (nSPS) is 19.4. The molecule has 31 heavy (non-hydrogen) atoms. The van der Waals surface area contributed by atoms with E-state index in [9.17, 15) is 18.8 Å². The molecule has 2 aliphatic heterocycles. The van der Waals surface area contributed by atoms with Gasteiger partial charge in [0.1, 0.15) is 11.9 Å². The molecule has 1 N–H and O–H groups in total. The summed E-state index contributed by atoms with van der Waals surface area (Å²) in [6.07, 6.45) is 3.40. The lowest BCUT2D eigenvalue weighted by molar-refractivity contribution is -0.142. The summed E-state index contributed by atoms with van der Waals surface area (Å²) in [5.74, 6) is -0.655. The maximum atomic E-state index is 13.9. The molecule has 2 heterocycles. The first-order valence-electron chi connectivity index (χ1n) is 11.4. The van der Waals surface area contributed by atoms with Gasteiger partial charge in [0, 0.05) is 32.1 Å². The molecular weight excluding hydrogens is 397 g/mol. The second-order valence-electron chi connectivity index (χ2n) is 9.28. The number of benzene rings is 1. The van der Waals surface area contributed by atoms with Crippen molar-refractivity contribution in [2.24, 2.45) is 17.8 Å². The Kier molecular flexibility index (Phi) is 7.68. The quantitative estimate of drug-likeness (QED) is 0.779. The lowest BCUT2D eigenvalue weighted by Crippen LogP contribution is -2.54. The Morgan fingerprint density at radius 1 is 0.968 bits per heavy atom. The van der Waals surface area contributed by atoms with E-state index in [0.717, 1.165) is 25.9 Å². The van der Waals surface area contributed by atoms with Crippen LogP contribution in [-0.2, 0) is 9.59 Å². The summed E-state index contributed by atoms with van der Waals surface area (Å²) in [5, 5.41) is 2.72. The maximum Gasteiger partial charge on any atom is 0.254 e. The smallest absolute Gasteiger partial charge is 0.254 e. The van der Waals surface area contributed by atoms with Gasteiger partial charge in [0.15, 0.2) is 0 Å². The minimum atomic E-state index is -0.733. The van der Waals surface area contributed by atoms with E-state index in [0.29, 0.717) is 31.8 Å². The van der Waals surface area contributed by atoms with Crippen molar-refractivity contribution < 1.29 is 18.8 Å². The fourth-order valence-corrected chi connectivity index (χ4v) is 4.41. The zero-order valence-corrected chi connectivity index (χ0v) is 18.8. The summed E-state index contributed by atoms with van der Waals surface area (Å²) in [4.78, 5) is 42.2. The number of carbonyl (C=O) groups is 3. The highest BCUT2D eigenvalue weighted by Gasteiger charge is 2.35. The third-order valence-corrected chi connectivity index (χ3v) is 6.59. The molecule has 2 fully saturated rings. The predicted octanol–water partition coefficient (Wildman–Crippen LogP) is 3.08. The number of amides is 3. The van der Waals surface area contributed by atoms with Crippen LogP contribution in [0, 0.1) is 23.6 Å². The van der Waals surface area contributed by atoms with Crippen molar-refractivity contribution >= 4 is 17.7 Å². The summed E-state index contributed by atoms with van der Waals surface area (Å²) < 4.78 is 13.9. The van der Waals surface area contributed by atoms with Gasteiger partial charge in [0.25, 0.3) is 5.91 Å². The Labute approximate surface area is 184 Å². The van der Waals surface area contributed by atoms with Crippen LogP contribution in [0.2, 0.25) is 0 Å². The van der Waals surface area contributed by atoms with Gasteiger partial charge in [0.05, 0.1) is 5.56 Å². The number of carbonyl (C=O) groups excluding carboxylic acids is 3. The molecule has 0 radical (unpaired) electrons. The number of likely N-dealkylation sites (tertiary alicyclic amines) is 2. The largest absolute Gasteiger partial charge is 0.342 e. The van der Waals surface area contributed by atoms with E-state index in [1.165, 1.54) is 18.2 Å². The molecule has 7 heteroatoms. The Bertz CT molecular complexity index is 797. The Morgan fingerprint density at radius 3 is 2.13 bits per heavy atom. The van der Waals surface area contributed by atoms with Crippen molar-refractivity contribution in [2.45, 2.75) is 52.5 Å². The third-order valence-electron chi connectivity index (χ3n) is 6.59. The number of halogens is 1. The molecular formula is C24H34FN3O3. The first-order chi connectivity index (χ1) is 14.8. The van der Waals surface area contributed by atoms with Gasteiger partial charge in [-0.3, -0.25) is 14.4 Å². The van der Waals surface area contributed by atoms with Crippen molar-refractivity contribution in [2.75, 3.05) is 26.2 Å². The van der Waals surface area contributed by atoms with Gasteiger partial charge in [-0.15, -0.1) is 0 Å². The Hall–Kier alpha value is -2.44. The number of piperidine rings is 2. The maximum absolute atomic E-state index is 13.9. The molecule has 0 aliphatic carbocycles. The van der Waals surface area contributed by atoms with Crippen molar-refractivity contribution in [1.82, 2.24) is 15.1 Å². The van der Waals surface area contributed by atoms with E-state index >= 15 is 0 Å². The van der Waals surface area contributed by atoms with Crippen molar-refractivity contribution in [3.8, 4) is 0 Å². The second kappa shape index (κ2) is 10.2. The third kappa shape index (κ3) is 5.63. The van der Waals surface area contributed by atoms with Crippen molar-refractivity contribution in [3.63, 3.8) is 0 Å². The summed E-state index contributed by atoms with van der Waals surface area (Å²) in [7, 11) is 0. The van der Waals surface area contributed by atoms with Crippen LogP contribution in [0.4, 0.5) is 4.39 Å². The minimum absolute atomic E-state index is 0.0389. The van der Waals surface area contributed by atoms with E-state index in [-0.39, 0.29) is 29.2 Å². The fourth-order valence-electron chi connectivity index (χ4n) is 4.41. The van der Waals surface area contributed by atoms with Gasteiger partial charge in [-0.2, -0.15) is 0 Å². The van der Waals surface area contributed by atoms with Gasteiger partial charge < -0.3 is 15.1 Å². The second-order valence-corrected chi connectivity index (χ2v) is 9.28. The summed E-state index contributed by atoms with van der Waals surface area (Å²) in [6.45, 7) is 8.60. The number of nitrogens with one attached hydrogen (secondary N) is 1. The van der Waals surface area contributed by atoms with E-state index in [1.807, 2.05) is 18.7 Å². The van der Waals surface area contributed by atoms with Crippen LogP contribution in [0.25, 0.3) is 0 Å². The zero-order valence-electron chi connectivity index (χ0n) is 18.8. The Morgan fingerprint density at radius 2 is 1.55 bits per heavy atom. The van der Waals surface area contributed by atoms with Crippen LogP contribution in [0.3, 0.4) is 0 Å². The monoisotopic (exact) mass is 431 g/mol. The van der Waals surface area contributed by atoms with E-state index < -0.39 is 17.8 Å². The highest BCUT2D eigenvalue weighted by atomic mass is 19.1. The molecule has 1 aromatic rings. The summed E-state index contributed by atoms with van der Waals surface area (Å²) >= 11 is 0. The highest BCUT2D eigenvalue weighted by molar-refractivity contribution is 5.97. The van der Waals surface area contributed by atoms with Crippen LogP contribution in [-0.4, -0.2) is 59.7 Å². The van der Waals surface area contributed by atoms with Crippen LogP contribution < -0.4 is 5.32 Å². The average Bonchev–Trinajstić information content (AvgIpc) is 2.77. The van der Waals surface area contributed by atoms with Gasteiger partial charge >= 0.3 is 0 Å². The minimum Gasteiger partial charge on any atom is -0.342 e. The molecule has 170 valence electrons. The number of nitrogens with zero attached hydrogens (tertiary/aromatic N) is 2. The number of rotatable bonds is 5.